The lowest BCUT2D eigenvalue weighted by Crippen LogP contribution is -2.39. The number of piperidine rings is 1. The van der Waals surface area contributed by atoms with Gasteiger partial charge in [0.1, 0.15) is 0 Å². The molecule has 2 aromatic rings. The molecular weight excluding hydrogens is 320 g/mol. The van der Waals surface area contributed by atoms with E-state index in [0.717, 1.165) is 38.8 Å². The highest BCUT2D eigenvalue weighted by molar-refractivity contribution is 5.62. The smallest absolute Gasteiger partial charge is 0.0642 e. The summed E-state index contributed by atoms with van der Waals surface area (Å²) in [5, 5.41) is 0. The zero-order chi connectivity index (χ0) is 17.5. The summed E-state index contributed by atoms with van der Waals surface area (Å²) in [4.78, 5) is 5.28. The molecule has 3 heteroatoms. The Labute approximate surface area is 156 Å². The van der Waals surface area contributed by atoms with Gasteiger partial charge in [-0.25, -0.2) is 0 Å². The normalized spacial score (nSPS) is 28.2. The minimum Gasteiger partial charge on any atom is -0.378 e. The van der Waals surface area contributed by atoms with Crippen molar-refractivity contribution in [1.29, 1.82) is 0 Å². The van der Waals surface area contributed by atoms with Gasteiger partial charge < -0.3 is 9.64 Å². The Hall–Kier alpha value is -1.84. The van der Waals surface area contributed by atoms with Gasteiger partial charge in [0.05, 0.1) is 13.2 Å². The van der Waals surface area contributed by atoms with E-state index in [9.17, 15) is 0 Å². The standard InChI is InChI=1S/C23H28N2O/c1-17-19-10-11-25(16-18-6-3-2-4-7-18)23(17)22-20(19)8-5-9-21(22)24-12-14-26-15-13-24/h2-9,17,19,23H,10-16H2,1H3/t17-,19?,23?/m0/s1. The molecule has 3 aliphatic rings. The minimum atomic E-state index is 0.544. The summed E-state index contributed by atoms with van der Waals surface area (Å²) in [7, 11) is 0. The molecule has 0 radical (unpaired) electrons. The molecule has 0 amide bonds. The van der Waals surface area contributed by atoms with Gasteiger partial charge in [0.25, 0.3) is 0 Å². The second kappa shape index (κ2) is 6.71. The average molecular weight is 348 g/mol. The van der Waals surface area contributed by atoms with Crippen LogP contribution in [0.15, 0.2) is 48.5 Å². The first-order valence-corrected chi connectivity index (χ1v) is 10.1. The van der Waals surface area contributed by atoms with E-state index in [1.165, 1.54) is 24.2 Å². The number of fused-ring (bicyclic) bond motifs is 5. The van der Waals surface area contributed by atoms with Crippen molar-refractivity contribution in [2.45, 2.75) is 31.8 Å². The van der Waals surface area contributed by atoms with Crippen molar-refractivity contribution in [2.75, 3.05) is 37.7 Å². The molecule has 2 bridgehead atoms. The van der Waals surface area contributed by atoms with Gasteiger partial charge in [-0.1, -0.05) is 49.4 Å². The maximum atomic E-state index is 5.60. The summed E-state index contributed by atoms with van der Waals surface area (Å²) in [6, 6.07) is 18.5. The highest BCUT2D eigenvalue weighted by atomic mass is 16.5. The fourth-order valence-electron chi connectivity index (χ4n) is 5.43. The van der Waals surface area contributed by atoms with Crippen LogP contribution in [-0.2, 0) is 11.3 Å². The van der Waals surface area contributed by atoms with Crippen LogP contribution < -0.4 is 4.90 Å². The van der Waals surface area contributed by atoms with Gasteiger partial charge in [0.15, 0.2) is 0 Å². The van der Waals surface area contributed by atoms with E-state index in [2.05, 4.69) is 65.3 Å². The fourth-order valence-corrected chi connectivity index (χ4v) is 5.43. The van der Waals surface area contributed by atoms with E-state index in [1.807, 2.05) is 0 Å². The molecule has 2 unspecified atom stereocenters. The minimum absolute atomic E-state index is 0.544. The first-order valence-electron chi connectivity index (χ1n) is 10.1. The Bertz CT molecular complexity index is 769. The fraction of sp³-hybridized carbons (Fsp3) is 0.478. The molecular formula is C23H28N2O. The number of likely N-dealkylation sites (tertiary alicyclic amines) is 1. The van der Waals surface area contributed by atoms with Crippen LogP contribution in [0.5, 0.6) is 0 Å². The summed E-state index contributed by atoms with van der Waals surface area (Å²) >= 11 is 0. The zero-order valence-electron chi connectivity index (χ0n) is 15.6. The monoisotopic (exact) mass is 348 g/mol. The van der Waals surface area contributed by atoms with Crippen LogP contribution in [0.3, 0.4) is 0 Å². The Morgan fingerprint density at radius 3 is 2.58 bits per heavy atom. The molecule has 5 rings (SSSR count). The molecule has 136 valence electrons. The number of anilines is 1. The molecule has 2 aliphatic heterocycles. The third-order valence-electron chi connectivity index (χ3n) is 6.65. The second-order valence-electron chi connectivity index (χ2n) is 8.03. The van der Waals surface area contributed by atoms with Crippen molar-refractivity contribution < 1.29 is 4.74 Å². The predicted octanol–water partition coefficient (Wildman–Crippen LogP) is 4.20. The molecule has 0 spiro atoms. The molecule has 2 saturated heterocycles. The SMILES string of the molecule is C[C@H]1C2CCN(Cc3ccccc3)C1c1c2cccc1N1CCOCC1. The van der Waals surface area contributed by atoms with Crippen LogP contribution in [0.2, 0.25) is 0 Å². The number of rotatable bonds is 3. The van der Waals surface area contributed by atoms with Gasteiger partial charge in [-0.3, -0.25) is 4.90 Å². The van der Waals surface area contributed by atoms with Crippen LogP contribution >= 0.6 is 0 Å². The van der Waals surface area contributed by atoms with Crippen LogP contribution in [0.1, 0.15) is 42.0 Å². The van der Waals surface area contributed by atoms with Gasteiger partial charge in [-0.05, 0) is 47.6 Å². The lowest BCUT2D eigenvalue weighted by Gasteiger charge is -2.40. The Morgan fingerprint density at radius 2 is 1.77 bits per heavy atom. The Balaban J connectivity index is 1.52. The molecule has 0 N–H and O–H groups in total. The van der Waals surface area contributed by atoms with Crippen LogP contribution in [0, 0.1) is 5.92 Å². The third kappa shape index (κ3) is 2.65. The van der Waals surface area contributed by atoms with Crippen LogP contribution in [0.25, 0.3) is 0 Å². The number of ether oxygens (including phenoxy) is 1. The second-order valence-corrected chi connectivity index (χ2v) is 8.03. The Morgan fingerprint density at radius 1 is 0.962 bits per heavy atom. The number of hydrogen-bond donors (Lipinski definition) is 0. The lowest BCUT2D eigenvalue weighted by atomic mass is 9.85. The van der Waals surface area contributed by atoms with Crippen molar-refractivity contribution in [3.63, 3.8) is 0 Å². The maximum Gasteiger partial charge on any atom is 0.0642 e. The summed E-state index contributed by atoms with van der Waals surface area (Å²) in [6.45, 7) is 8.45. The molecule has 0 saturated carbocycles. The quantitative estimate of drug-likeness (QED) is 0.827. The topological polar surface area (TPSA) is 15.7 Å². The summed E-state index contributed by atoms with van der Waals surface area (Å²) in [6.07, 6.45) is 1.28. The van der Waals surface area contributed by atoms with Crippen molar-refractivity contribution >= 4 is 5.69 Å². The summed E-state index contributed by atoms with van der Waals surface area (Å²) < 4.78 is 5.60. The van der Waals surface area contributed by atoms with E-state index in [-0.39, 0.29) is 0 Å². The van der Waals surface area contributed by atoms with E-state index >= 15 is 0 Å². The molecule has 2 heterocycles. The van der Waals surface area contributed by atoms with Crippen molar-refractivity contribution in [3.05, 3.63) is 65.2 Å². The lowest BCUT2D eigenvalue weighted by molar-refractivity contribution is 0.0959. The van der Waals surface area contributed by atoms with E-state index < -0.39 is 0 Å². The molecule has 26 heavy (non-hydrogen) atoms. The van der Waals surface area contributed by atoms with Gasteiger partial charge in [-0.15, -0.1) is 0 Å². The van der Waals surface area contributed by atoms with Gasteiger partial charge >= 0.3 is 0 Å². The molecule has 2 fully saturated rings. The maximum absolute atomic E-state index is 5.60. The van der Waals surface area contributed by atoms with Crippen LogP contribution in [0.4, 0.5) is 5.69 Å². The highest BCUT2D eigenvalue weighted by Crippen LogP contribution is 2.55. The van der Waals surface area contributed by atoms with Gasteiger partial charge in [0, 0.05) is 31.4 Å². The van der Waals surface area contributed by atoms with E-state index in [0.29, 0.717) is 12.0 Å². The molecule has 1 aliphatic carbocycles. The first kappa shape index (κ1) is 16.3. The first-order chi connectivity index (χ1) is 12.8. The largest absolute Gasteiger partial charge is 0.378 e. The predicted molar refractivity (Wildman–Crippen MR) is 106 cm³/mol. The van der Waals surface area contributed by atoms with Gasteiger partial charge in [-0.2, -0.15) is 0 Å². The summed E-state index contributed by atoms with van der Waals surface area (Å²) in [5.41, 5.74) is 6.11. The molecule has 0 aromatic heterocycles. The van der Waals surface area contributed by atoms with Gasteiger partial charge in [0.2, 0.25) is 0 Å². The molecule has 3 nitrogen and oxygen atoms in total. The molecule has 3 atom stereocenters. The number of hydrogen-bond acceptors (Lipinski definition) is 3. The highest BCUT2D eigenvalue weighted by Gasteiger charge is 2.46. The van der Waals surface area contributed by atoms with Crippen molar-refractivity contribution in [2.24, 2.45) is 5.92 Å². The summed E-state index contributed by atoms with van der Waals surface area (Å²) in [5.74, 6) is 1.42. The average Bonchev–Trinajstić information content (AvgIpc) is 2.87. The zero-order valence-corrected chi connectivity index (χ0v) is 15.6. The third-order valence-corrected chi connectivity index (χ3v) is 6.65. The Kier molecular flexibility index (Phi) is 4.22. The van der Waals surface area contributed by atoms with E-state index in [1.54, 1.807) is 11.1 Å². The van der Waals surface area contributed by atoms with E-state index in [4.69, 9.17) is 4.74 Å². The van der Waals surface area contributed by atoms with Crippen molar-refractivity contribution in [1.82, 2.24) is 4.90 Å². The number of benzene rings is 2. The molecule has 2 aromatic carbocycles. The number of morpholine rings is 1. The van der Waals surface area contributed by atoms with Crippen LogP contribution in [-0.4, -0.2) is 37.7 Å². The van der Waals surface area contributed by atoms with Crippen molar-refractivity contribution in [3.8, 4) is 0 Å². The number of nitrogens with zero attached hydrogens (tertiary/aromatic N) is 2.